The van der Waals surface area contributed by atoms with Crippen LogP contribution in [0.4, 0.5) is 24.8 Å². The number of aromatic nitrogens is 4. The van der Waals surface area contributed by atoms with E-state index >= 15 is 0 Å². The quantitative estimate of drug-likeness (QED) is 0.275. The number of nitrogens with zero attached hydrogens (tertiary/aromatic N) is 3. The van der Waals surface area contributed by atoms with Crippen LogP contribution in [-0.4, -0.2) is 26.1 Å². The third-order valence-corrected chi connectivity index (χ3v) is 7.51. The Bertz CT molecular complexity index is 1450. The zero-order chi connectivity index (χ0) is 27.4. The average Bonchev–Trinajstić information content (AvgIpc) is 3.30. The van der Waals surface area contributed by atoms with E-state index in [0.717, 1.165) is 52.0 Å². The number of ether oxygens (including phenoxy) is 1. The van der Waals surface area contributed by atoms with E-state index in [0.29, 0.717) is 17.6 Å². The van der Waals surface area contributed by atoms with Crippen molar-refractivity contribution in [1.82, 2.24) is 19.7 Å². The number of benzene rings is 2. The SMILES string of the molecule is Cc1cc2c(cc1-c1c(C)n[nH]c1C)nc(Nc1ccc(OC(F)(F)F)cc1)n2C1CC(C)CC(C)(C)C1. The molecule has 6 nitrogen and oxygen atoms in total. The smallest absolute Gasteiger partial charge is 0.406 e. The van der Waals surface area contributed by atoms with Crippen LogP contribution in [0.2, 0.25) is 0 Å². The summed E-state index contributed by atoms with van der Waals surface area (Å²) >= 11 is 0. The van der Waals surface area contributed by atoms with Crippen molar-refractivity contribution in [3.05, 3.63) is 53.3 Å². The number of H-pyrrole nitrogens is 1. The second kappa shape index (κ2) is 9.36. The van der Waals surface area contributed by atoms with Gasteiger partial charge in [-0.2, -0.15) is 5.10 Å². The van der Waals surface area contributed by atoms with Crippen LogP contribution in [0.25, 0.3) is 22.2 Å². The summed E-state index contributed by atoms with van der Waals surface area (Å²) in [6.07, 6.45) is -1.52. The van der Waals surface area contributed by atoms with Gasteiger partial charge in [0, 0.05) is 23.0 Å². The Kier molecular flexibility index (Phi) is 6.44. The number of aromatic amines is 1. The second-order valence-electron chi connectivity index (χ2n) is 11.5. The maximum atomic E-state index is 12.6. The lowest BCUT2D eigenvalue weighted by atomic mass is 9.70. The lowest BCUT2D eigenvalue weighted by Gasteiger charge is -2.40. The Morgan fingerprint density at radius 2 is 1.79 bits per heavy atom. The van der Waals surface area contributed by atoms with E-state index < -0.39 is 6.36 Å². The third-order valence-electron chi connectivity index (χ3n) is 7.51. The molecule has 9 heteroatoms. The molecule has 2 heterocycles. The number of rotatable bonds is 5. The summed E-state index contributed by atoms with van der Waals surface area (Å²) in [7, 11) is 0. The number of aryl methyl sites for hydroxylation is 3. The van der Waals surface area contributed by atoms with Crippen molar-refractivity contribution >= 4 is 22.7 Å². The number of hydrogen-bond donors (Lipinski definition) is 2. The Balaban J connectivity index is 1.60. The van der Waals surface area contributed by atoms with Gasteiger partial charge in [-0.15, -0.1) is 13.2 Å². The van der Waals surface area contributed by atoms with E-state index in [1.54, 1.807) is 12.1 Å². The van der Waals surface area contributed by atoms with Gasteiger partial charge in [0.25, 0.3) is 0 Å². The van der Waals surface area contributed by atoms with Gasteiger partial charge in [-0.3, -0.25) is 5.10 Å². The topological polar surface area (TPSA) is 67.8 Å². The van der Waals surface area contributed by atoms with E-state index in [2.05, 4.69) is 64.6 Å². The van der Waals surface area contributed by atoms with Crippen molar-refractivity contribution in [3.8, 4) is 16.9 Å². The van der Waals surface area contributed by atoms with Crippen molar-refractivity contribution < 1.29 is 17.9 Å². The van der Waals surface area contributed by atoms with E-state index in [1.165, 1.54) is 18.6 Å². The minimum absolute atomic E-state index is 0.187. The van der Waals surface area contributed by atoms with Gasteiger partial charge in [-0.25, -0.2) is 4.98 Å². The summed E-state index contributed by atoms with van der Waals surface area (Å²) in [4.78, 5) is 5.02. The molecule has 202 valence electrons. The molecule has 0 saturated heterocycles. The highest BCUT2D eigenvalue weighted by atomic mass is 19.4. The van der Waals surface area contributed by atoms with Gasteiger partial charge in [0.1, 0.15) is 5.75 Å². The highest BCUT2D eigenvalue weighted by Gasteiger charge is 2.35. The zero-order valence-corrected chi connectivity index (χ0v) is 22.6. The van der Waals surface area contributed by atoms with Crippen molar-refractivity contribution in [3.63, 3.8) is 0 Å². The predicted molar refractivity (Wildman–Crippen MR) is 144 cm³/mol. The first kappa shape index (κ1) is 26.1. The number of imidazole rings is 1. The molecule has 2 atom stereocenters. The van der Waals surface area contributed by atoms with Crippen LogP contribution in [0.3, 0.4) is 0 Å². The first-order valence-corrected chi connectivity index (χ1v) is 13.0. The predicted octanol–water partition coefficient (Wildman–Crippen LogP) is 8.38. The van der Waals surface area contributed by atoms with Crippen LogP contribution in [0.1, 0.15) is 63.0 Å². The molecule has 1 fully saturated rings. The molecule has 0 aliphatic heterocycles. The van der Waals surface area contributed by atoms with Gasteiger partial charge in [0.2, 0.25) is 5.95 Å². The van der Waals surface area contributed by atoms with Crippen molar-refractivity contribution in [2.45, 2.75) is 73.2 Å². The first-order valence-electron chi connectivity index (χ1n) is 13.0. The Morgan fingerprint density at radius 3 is 2.39 bits per heavy atom. The van der Waals surface area contributed by atoms with Crippen LogP contribution in [0.15, 0.2) is 36.4 Å². The molecular weight excluding hydrogens is 491 g/mol. The van der Waals surface area contributed by atoms with E-state index in [-0.39, 0.29) is 17.2 Å². The number of nitrogens with one attached hydrogen (secondary N) is 2. The second-order valence-corrected chi connectivity index (χ2v) is 11.5. The maximum absolute atomic E-state index is 12.6. The Morgan fingerprint density at radius 1 is 1.08 bits per heavy atom. The standard InChI is InChI=1S/C29H34F3N5O/c1-16-11-21(15-28(5,6)14-16)37-25-12-17(2)23(26-18(3)35-36-19(26)4)13-24(25)34-27(37)33-20-7-9-22(10-8-20)38-29(30,31)32/h7-10,12-13,16,21H,11,14-15H2,1-6H3,(H,33,34)(H,35,36). The Hall–Kier alpha value is -3.49. The number of halogens is 3. The molecule has 0 bridgehead atoms. The molecule has 0 amide bonds. The normalized spacial score (nSPS) is 19.6. The molecule has 5 rings (SSSR count). The van der Waals surface area contributed by atoms with Crippen LogP contribution in [0.5, 0.6) is 5.75 Å². The number of alkyl halides is 3. The van der Waals surface area contributed by atoms with E-state index in [9.17, 15) is 13.2 Å². The number of fused-ring (bicyclic) bond motifs is 1. The Labute approximate surface area is 220 Å². The minimum atomic E-state index is -4.73. The van der Waals surface area contributed by atoms with Crippen LogP contribution in [0, 0.1) is 32.1 Å². The fraction of sp³-hybridized carbons (Fsp3) is 0.448. The fourth-order valence-corrected chi connectivity index (χ4v) is 6.28. The van der Waals surface area contributed by atoms with E-state index in [4.69, 9.17) is 4.98 Å². The van der Waals surface area contributed by atoms with Crippen molar-refractivity contribution in [2.24, 2.45) is 11.3 Å². The molecule has 38 heavy (non-hydrogen) atoms. The fourth-order valence-electron chi connectivity index (χ4n) is 6.28. The number of hydrogen-bond acceptors (Lipinski definition) is 4. The maximum Gasteiger partial charge on any atom is 0.573 e. The summed E-state index contributed by atoms with van der Waals surface area (Å²) in [6, 6.07) is 10.3. The van der Waals surface area contributed by atoms with Gasteiger partial charge in [-0.05, 0) is 98.9 Å². The van der Waals surface area contributed by atoms with E-state index in [1.807, 2.05) is 13.8 Å². The van der Waals surface area contributed by atoms with Crippen LogP contribution >= 0.6 is 0 Å². The van der Waals surface area contributed by atoms with Crippen LogP contribution in [-0.2, 0) is 0 Å². The summed E-state index contributed by atoms with van der Waals surface area (Å²) in [5, 5.41) is 10.8. The first-order chi connectivity index (χ1) is 17.8. The highest BCUT2D eigenvalue weighted by Crippen LogP contribution is 2.46. The molecule has 2 aromatic heterocycles. The molecule has 1 saturated carbocycles. The van der Waals surface area contributed by atoms with Gasteiger partial charge in [0.15, 0.2) is 0 Å². The minimum Gasteiger partial charge on any atom is -0.406 e. The molecule has 2 unspecified atom stereocenters. The largest absolute Gasteiger partial charge is 0.573 e. The lowest BCUT2D eigenvalue weighted by Crippen LogP contribution is -2.29. The molecule has 1 aliphatic rings. The molecule has 2 aromatic carbocycles. The van der Waals surface area contributed by atoms with Crippen LogP contribution < -0.4 is 10.1 Å². The number of anilines is 2. The van der Waals surface area contributed by atoms with Crippen molar-refractivity contribution in [2.75, 3.05) is 5.32 Å². The van der Waals surface area contributed by atoms with Gasteiger partial charge >= 0.3 is 6.36 Å². The van der Waals surface area contributed by atoms with Crippen molar-refractivity contribution in [1.29, 1.82) is 0 Å². The lowest BCUT2D eigenvalue weighted by molar-refractivity contribution is -0.274. The summed E-state index contributed by atoms with van der Waals surface area (Å²) in [6.45, 7) is 13.0. The molecule has 0 radical (unpaired) electrons. The van der Waals surface area contributed by atoms with Gasteiger partial charge in [-0.1, -0.05) is 20.8 Å². The summed E-state index contributed by atoms with van der Waals surface area (Å²) in [5.74, 6) is 0.978. The van der Waals surface area contributed by atoms with Gasteiger partial charge in [0.05, 0.1) is 16.7 Å². The molecule has 4 aromatic rings. The average molecular weight is 526 g/mol. The molecule has 1 aliphatic carbocycles. The molecular formula is C29H34F3N5O. The highest BCUT2D eigenvalue weighted by molar-refractivity contribution is 5.88. The molecule has 2 N–H and O–H groups in total. The third kappa shape index (κ3) is 5.24. The molecule has 0 spiro atoms. The summed E-state index contributed by atoms with van der Waals surface area (Å²) < 4.78 is 44.2. The summed E-state index contributed by atoms with van der Waals surface area (Å²) in [5.41, 5.74) is 7.98. The zero-order valence-electron chi connectivity index (χ0n) is 22.6. The van der Waals surface area contributed by atoms with Gasteiger partial charge < -0.3 is 14.6 Å². The monoisotopic (exact) mass is 525 g/mol.